The maximum Gasteiger partial charge on any atom is 0.224 e. The van der Waals surface area contributed by atoms with Gasteiger partial charge in [0.05, 0.1) is 0 Å². The lowest BCUT2D eigenvalue weighted by atomic mass is 10.4. The minimum absolute atomic E-state index is 0.0103. The van der Waals surface area contributed by atoms with Crippen molar-refractivity contribution in [3.05, 3.63) is 12.3 Å². The van der Waals surface area contributed by atoms with Gasteiger partial charge in [-0.05, 0) is 19.9 Å². The van der Waals surface area contributed by atoms with E-state index in [9.17, 15) is 4.79 Å². The Hall–Kier alpha value is -1.49. The molecule has 0 saturated carbocycles. The van der Waals surface area contributed by atoms with Crippen molar-refractivity contribution in [2.75, 3.05) is 26.2 Å². The summed E-state index contributed by atoms with van der Waals surface area (Å²) < 4.78 is 0. The number of guanidine groups is 1. The van der Waals surface area contributed by atoms with E-state index < -0.39 is 0 Å². The Bertz CT molecular complexity index is 314. The fourth-order valence-electron chi connectivity index (χ4n) is 1.39. The minimum atomic E-state index is -0.0103. The van der Waals surface area contributed by atoms with Crippen molar-refractivity contribution in [3.8, 4) is 0 Å². The number of hydrogen-bond donors (Lipinski definition) is 1. The van der Waals surface area contributed by atoms with Gasteiger partial charge in [0.15, 0.2) is 5.78 Å². The topological polar surface area (TPSA) is 57.1 Å². The van der Waals surface area contributed by atoms with E-state index in [1.54, 1.807) is 6.21 Å². The summed E-state index contributed by atoms with van der Waals surface area (Å²) in [6, 6.07) is 0. The third-order valence-electron chi connectivity index (χ3n) is 2.14. The lowest BCUT2D eigenvalue weighted by molar-refractivity contribution is -0.112. The van der Waals surface area contributed by atoms with Gasteiger partial charge in [0.25, 0.3) is 0 Å². The monoisotopic (exact) mass is 222 g/mol. The van der Waals surface area contributed by atoms with Crippen LogP contribution in [0.1, 0.15) is 13.8 Å². The molecule has 0 aromatic heterocycles. The first-order valence-corrected chi connectivity index (χ1v) is 5.43. The first-order valence-electron chi connectivity index (χ1n) is 5.43. The van der Waals surface area contributed by atoms with Crippen LogP contribution < -0.4 is 5.32 Å². The van der Waals surface area contributed by atoms with Crippen LogP contribution in [0.15, 0.2) is 22.3 Å². The molecule has 1 fully saturated rings. The van der Waals surface area contributed by atoms with Gasteiger partial charge in [-0.3, -0.25) is 4.79 Å². The Balaban J connectivity index is 2.68. The van der Waals surface area contributed by atoms with Crippen molar-refractivity contribution in [2.24, 2.45) is 9.98 Å². The maximum atomic E-state index is 10.7. The second-order valence-corrected chi connectivity index (χ2v) is 3.48. The van der Waals surface area contributed by atoms with E-state index in [-0.39, 0.29) is 5.78 Å². The van der Waals surface area contributed by atoms with Crippen LogP contribution in [0.3, 0.4) is 0 Å². The molecule has 5 nitrogen and oxygen atoms in total. The van der Waals surface area contributed by atoms with Gasteiger partial charge in [-0.25, -0.2) is 9.98 Å². The Morgan fingerprint density at radius 3 is 2.62 bits per heavy atom. The van der Waals surface area contributed by atoms with Crippen molar-refractivity contribution < 1.29 is 4.79 Å². The third kappa shape index (κ3) is 4.35. The molecule has 1 saturated heterocycles. The molecule has 1 aliphatic rings. The zero-order valence-electron chi connectivity index (χ0n) is 9.81. The van der Waals surface area contributed by atoms with E-state index >= 15 is 0 Å². The van der Waals surface area contributed by atoms with Gasteiger partial charge in [0, 0.05) is 38.6 Å². The van der Waals surface area contributed by atoms with Crippen molar-refractivity contribution >= 4 is 18.0 Å². The molecular formula is C11H18N4O. The molecule has 1 N–H and O–H groups in total. The lowest BCUT2D eigenvalue weighted by Crippen LogP contribution is -2.45. The highest BCUT2D eigenvalue weighted by Gasteiger charge is 2.12. The fourth-order valence-corrected chi connectivity index (χ4v) is 1.39. The predicted molar refractivity (Wildman–Crippen MR) is 65.9 cm³/mol. The molecule has 16 heavy (non-hydrogen) atoms. The van der Waals surface area contributed by atoms with E-state index in [2.05, 4.69) is 20.2 Å². The van der Waals surface area contributed by atoms with Crippen molar-refractivity contribution in [2.45, 2.75) is 13.8 Å². The van der Waals surface area contributed by atoms with E-state index in [1.807, 2.05) is 6.92 Å². The Labute approximate surface area is 96.0 Å². The number of aliphatic imine (C=N–C) groups is 2. The standard InChI is InChI=1S/C11H18N4O/c1-3-13-11(14-5-4-10(2)16)15-8-6-12-7-9-15/h3-5,12H,6-9H2,1-2H3/b5-4+,13-3?,14-11?. The summed E-state index contributed by atoms with van der Waals surface area (Å²) in [6.45, 7) is 7.02. The zero-order valence-corrected chi connectivity index (χ0v) is 9.81. The molecule has 5 heteroatoms. The van der Waals surface area contributed by atoms with Gasteiger partial charge in [0.2, 0.25) is 5.96 Å². The molecule has 0 aromatic rings. The number of carbonyl (C=O) groups excluding carboxylic acids is 1. The fraction of sp³-hybridized carbons (Fsp3) is 0.545. The average Bonchev–Trinajstić information content (AvgIpc) is 2.29. The van der Waals surface area contributed by atoms with E-state index in [1.165, 1.54) is 19.2 Å². The predicted octanol–water partition coefficient (Wildman–Crippen LogP) is 0.441. The number of ketones is 1. The number of carbonyl (C=O) groups is 1. The molecule has 1 aliphatic heterocycles. The van der Waals surface area contributed by atoms with Gasteiger partial charge in [0.1, 0.15) is 0 Å². The van der Waals surface area contributed by atoms with Crippen LogP contribution >= 0.6 is 0 Å². The smallest absolute Gasteiger partial charge is 0.224 e. The first-order chi connectivity index (χ1) is 7.74. The summed E-state index contributed by atoms with van der Waals surface area (Å²) >= 11 is 0. The summed E-state index contributed by atoms with van der Waals surface area (Å²) in [5.41, 5.74) is 0. The van der Waals surface area contributed by atoms with Crippen LogP contribution in [0.25, 0.3) is 0 Å². The summed E-state index contributed by atoms with van der Waals surface area (Å²) in [5, 5.41) is 3.27. The van der Waals surface area contributed by atoms with Crippen molar-refractivity contribution in [1.29, 1.82) is 0 Å². The second kappa shape index (κ2) is 6.90. The molecule has 1 rings (SSSR count). The van der Waals surface area contributed by atoms with Crippen LogP contribution in [0, 0.1) is 0 Å². The van der Waals surface area contributed by atoms with Gasteiger partial charge < -0.3 is 10.2 Å². The van der Waals surface area contributed by atoms with Crippen LogP contribution in [-0.2, 0) is 4.79 Å². The number of allylic oxidation sites excluding steroid dienone is 1. The third-order valence-corrected chi connectivity index (χ3v) is 2.14. The summed E-state index contributed by atoms with van der Waals surface area (Å²) in [5.74, 6) is 0.658. The summed E-state index contributed by atoms with van der Waals surface area (Å²) in [4.78, 5) is 21.2. The molecule has 0 radical (unpaired) electrons. The number of piperazine rings is 1. The highest BCUT2D eigenvalue weighted by Crippen LogP contribution is 1.97. The second-order valence-electron chi connectivity index (χ2n) is 3.48. The van der Waals surface area contributed by atoms with Gasteiger partial charge in [-0.2, -0.15) is 0 Å². The molecular weight excluding hydrogens is 204 g/mol. The molecule has 0 atom stereocenters. The number of hydrogen-bond acceptors (Lipinski definition) is 3. The van der Waals surface area contributed by atoms with E-state index in [0.717, 1.165) is 26.2 Å². The van der Waals surface area contributed by atoms with Gasteiger partial charge in [-0.15, -0.1) is 0 Å². The normalized spacial score (nSPS) is 18.6. The number of nitrogens with zero attached hydrogens (tertiary/aromatic N) is 3. The highest BCUT2D eigenvalue weighted by molar-refractivity contribution is 5.90. The number of nitrogens with one attached hydrogen (secondary N) is 1. The highest BCUT2D eigenvalue weighted by atomic mass is 16.1. The van der Waals surface area contributed by atoms with Crippen LogP contribution in [0.4, 0.5) is 0 Å². The molecule has 0 amide bonds. The van der Waals surface area contributed by atoms with Gasteiger partial charge in [-0.1, -0.05) is 0 Å². The molecule has 0 aliphatic carbocycles. The quantitative estimate of drug-likeness (QED) is 0.419. The largest absolute Gasteiger partial charge is 0.338 e. The molecule has 88 valence electrons. The summed E-state index contributed by atoms with van der Waals surface area (Å²) in [7, 11) is 0. The van der Waals surface area contributed by atoms with E-state index in [0.29, 0.717) is 5.96 Å². The Kier molecular flexibility index (Phi) is 5.42. The Morgan fingerprint density at radius 1 is 1.38 bits per heavy atom. The van der Waals surface area contributed by atoms with Crippen molar-refractivity contribution in [3.63, 3.8) is 0 Å². The molecule has 0 bridgehead atoms. The van der Waals surface area contributed by atoms with E-state index in [4.69, 9.17) is 0 Å². The first kappa shape index (κ1) is 12.6. The number of rotatable bonds is 2. The lowest BCUT2D eigenvalue weighted by Gasteiger charge is -2.27. The van der Waals surface area contributed by atoms with Crippen LogP contribution in [-0.4, -0.2) is 49.0 Å². The molecule has 0 unspecified atom stereocenters. The SMILES string of the molecule is CC=NC(=N/C=C/C(C)=O)N1CCNCC1. The van der Waals surface area contributed by atoms with Gasteiger partial charge >= 0.3 is 0 Å². The zero-order chi connectivity index (χ0) is 11.8. The van der Waals surface area contributed by atoms with Crippen LogP contribution in [0.2, 0.25) is 0 Å². The Morgan fingerprint density at radius 2 is 2.06 bits per heavy atom. The summed E-state index contributed by atoms with van der Waals surface area (Å²) in [6.07, 6.45) is 4.66. The molecule has 1 heterocycles. The van der Waals surface area contributed by atoms with Crippen LogP contribution in [0.5, 0.6) is 0 Å². The molecule has 0 spiro atoms. The minimum Gasteiger partial charge on any atom is -0.338 e. The molecule has 0 aromatic carbocycles. The van der Waals surface area contributed by atoms with Crippen molar-refractivity contribution in [1.82, 2.24) is 10.2 Å². The maximum absolute atomic E-state index is 10.7. The average molecular weight is 222 g/mol.